The highest BCUT2D eigenvalue weighted by atomic mass is 32.2. The zero-order valence-electron chi connectivity index (χ0n) is 11.3. The van der Waals surface area contributed by atoms with Crippen molar-refractivity contribution in [3.05, 3.63) is 30.1 Å². The van der Waals surface area contributed by atoms with E-state index >= 15 is 0 Å². The Bertz CT molecular complexity index is 532. The average Bonchev–Trinajstić information content (AvgIpc) is 2.77. The summed E-state index contributed by atoms with van der Waals surface area (Å²) in [5, 5.41) is 2.70. The van der Waals surface area contributed by atoms with Gasteiger partial charge < -0.3 is 5.32 Å². The van der Waals surface area contributed by atoms with Crippen LogP contribution >= 0.6 is 24.0 Å². The lowest BCUT2D eigenvalue weighted by atomic mass is 10.2. The van der Waals surface area contributed by atoms with Crippen LogP contribution in [-0.4, -0.2) is 33.3 Å². The van der Waals surface area contributed by atoms with Crippen molar-refractivity contribution in [1.82, 2.24) is 4.90 Å². The van der Waals surface area contributed by atoms with Gasteiger partial charge in [-0.05, 0) is 37.1 Å². The van der Waals surface area contributed by atoms with E-state index in [1.807, 2.05) is 0 Å². The first kappa shape index (κ1) is 15.9. The van der Waals surface area contributed by atoms with Gasteiger partial charge in [-0.15, -0.1) is 0 Å². The number of benzene rings is 1. The maximum atomic E-state index is 12.7. The second kappa shape index (κ2) is 7.51. The summed E-state index contributed by atoms with van der Waals surface area (Å²) in [6.07, 6.45) is 1.76. The molecule has 0 aromatic heterocycles. The van der Waals surface area contributed by atoms with Crippen molar-refractivity contribution in [2.24, 2.45) is 0 Å². The molecule has 0 unspecified atom stereocenters. The van der Waals surface area contributed by atoms with Crippen LogP contribution in [-0.2, 0) is 9.59 Å². The molecule has 0 aliphatic carbocycles. The quantitative estimate of drug-likeness (QED) is 0.645. The number of nitrogens with one attached hydrogen (secondary N) is 1. The van der Waals surface area contributed by atoms with Crippen molar-refractivity contribution in [2.45, 2.75) is 19.3 Å². The number of thioether (sulfide) groups is 1. The molecule has 2 amide bonds. The molecule has 0 bridgehead atoms. The molecular formula is C14H15FN2O2S2. The van der Waals surface area contributed by atoms with Crippen molar-refractivity contribution in [2.75, 3.05) is 17.6 Å². The molecular weight excluding hydrogens is 311 g/mol. The minimum absolute atomic E-state index is 0.0424. The first-order valence-electron chi connectivity index (χ1n) is 6.59. The summed E-state index contributed by atoms with van der Waals surface area (Å²) in [5.74, 6) is 0.00773. The number of hydrogen-bond donors (Lipinski definition) is 1. The SMILES string of the molecule is O=C(CCCCN1C(=O)CSC1=S)Nc1ccc(F)cc1. The van der Waals surface area contributed by atoms with Crippen molar-refractivity contribution in [3.8, 4) is 0 Å². The molecule has 0 saturated carbocycles. The van der Waals surface area contributed by atoms with E-state index in [1.165, 1.54) is 36.0 Å². The molecule has 1 saturated heterocycles. The Morgan fingerprint density at radius 3 is 2.67 bits per heavy atom. The molecule has 1 heterocycles. The topological polar surface area (TPSA) is 49.4 Å². The molecule has 112 valence electrons. The van der Waals surface area contributed by atoms with Crippen LogP contribution in [0.15, 0.2) is 24.3 Å². The third-order valence-corrected chi connectivity index (χ3v) is 4.44. The molecule has 1 fully saturated rings. The molecule has 4 nitrogen and oxygen atoms in total. The van der Waals surface area contributed by atoms with Crippen LogP contribution in [0.3, 0.4) is 0 Å². The molecule has 1 aromatic carbocycles. The zero-order chi connectivity index (χ0) is 15.2. The van der Waals surface area contributed by atoms with Crippen LogP contribution in [0.5, 0.6) is 0 Å². The van der Waals surface area contributed by atoms with Gasteiger partial charge in [0.05, 0.1) is 5.75 Å². The second-order valence-corrected chi connectivity index (χ2v) is 6.22. The van der Waals surface area contributed by atoms with Crippen LogP contribution in [0.2, 0.25) is 0 Å². The van der Waals surface area contributed by atoms with Crippen molar-refractivity contribution >= 4 is 45.8 Å². The largest absolute Gasteiger partial charge is 0.326 e. The molecule has 7 heteroatoms. The van der Waals surface area contributed by atoms with Crippen molar-refractivity contribution < 1.29 is 14.0 Å². The molecule has 21 heavy (non-hydrogen) atoms. The molecule has 1 aliphatic rings. The number of amides is 2. The van der Waals surface area contributed by atoms with Crippen LogP contribution in [0.25, 0.3) is 0 Å². The highest BCUT2D eigenvalue weighted by Gasteiger charge is 2.25. The molecule has 0 atom stereocenters. The van der Waals surface area contributed by atoms with Gasteiger partial charge in [-0.2, -0.15) is 0 Å². The Morgan fingerprint density at radius 1 is 1.33 bits per heavy atom. The monoisotopic (exact) mass is 326 g/mol. The number of carbonyl (C=O) groups excluding carboxylic acids is 2. The fourth-order valence-electron chi connectivity index (χ4n) is 1.91. The Labute approximate surface area is 132 Å². The predicted octanol–water partition coefficient (Wildman–Crippen LogP) is 2.79. The van der Waals surface area contributed by atoms with Gasteiger partial charge in [0, 0.05) is 18.7 Å². The summed E-state index contributed by atoms with van der Waals surface area (Å²) >= 11 is 6.45. The maximum Gasteiger partial charge on any atom is 0.238 e. The number of hydrogen-bond acceptors (Lipinski definition) is 4. The second-order valence-electron chi connectivity index (χ2n) is 4.61. The molecule has 1 aromatic rings. The summed E-state index contributed by atoms with van der Waals surface area (Å²) in [6, 6.07) is 5.64. The highest BCUT2D eigenvalue weighted by molar-refractivity contribution is 8.23. The molecule has 2 rings (SSSR count). The number of thiocarbonyl (C=S) groups is 1. The lowest BCUT2D eigenvalue weighted by molar-refractivity contribution is -0.124. The smallest absolute Gasteiger partial charge is 0.238 e. The summed E-state index contributed by atoms with van der Waals surface area (Å²) in [5.41, 5.74) is 0.577. The predicted molar refractivity (Wildman–Crippen MR) is 85.6 cm³/mol. The Hall–Kier alpha value is -1.47. The standard InChI is InChI=1S/C14H15FN2O2S2/c15-10-4-6-11(7-5-10)16-12(18)3-1-2-8-17-13(19)9-21-14(17)20/h4-7H,1-3,8-9H2,(H,16,18). The zero-order valence-corrected chi connectivity index (χ0v) is 12.9. The highest BCUT2D eigenvalue weighted by Crippen LogP contribution is 2.19. The van der Waals surface area contributed by atoms with Gasteiger partial charge in [-0.25, -0.2) is 4.39 Å². The lowest BCUT2D eigenvalue weighted by Gasteiger charge is -2.14. The number of carbonyl (C=O) groups is 2. The molecule has 1 N–H and O–H groups in total. The summed E-state index contributed by atoms with van der Waals surface area (Å²) < 4.78 is 13.3. The summed E-state index contributed by atoms with van der Waals surface area (Å²) in [7, 11) is 0. The number of halogens is 1. The van der Waals surface area contributed by atoms with E-state index in [-0.39, 0.29) is 17.6 Å². The average molecular weight is 326 g/mol. The van der Waals surface area contributed by atoms with Gasteiger partial charge >= 0.3 is 0 Å². The Balaban J connectivity index is 1.66. The van der Waals surface area contributed by atoms with E-state index < -0.39 is 0 Å². The van der Waals surface area contributed by atoms with Crippen LogP contribution < -0.4 is 5.32 Å². The van der Waals surface area contributed by atoms with Gasteiger partial charge in [-0.3, -0.25) is 14.5 Å². The van der Waals surface area contributed by atoms with Crippen molar-refractivity contribution in [3.63, 3.8) is 0 Å². The first-order chi connectivity index (χ1) is 10.1. The summed E-state index contributed by atoms with van der Waals surface area (Å²) in [6.45, 7) is 0.564. The lowest BCUT2D eigenvalue weighted by Crippen LogP contribution is -2.29. The maximum absolute atomic E-state index is 12.7. The third-order valence-electron chi connectivity index (χ3n) is 3.00. The van der Waals surface area contributed by atoms with Gasteiger partial charge in [0.2, 0.25) is 11.8 Å². The number of unbranched alkanes of at least 4 members (excludes halogenated alkanes) is 1. The van der Waals surface area contributed by atoms with Crippen LogP contribution in [0.1, 0.15) is 19.3 Å². The number of rotatable bonds is 6. The minimum Gasteiger partial charge on any atom is -0.326 e. The van der Waals surface area contributed by atoms with Crippen LogP contribution in [0.4, 0.5) is 10.1 Å². The van der Waals surface area contributed by atoms with Gasteiger partial charge in [0.25, 0.3) is 0 Å². The van der Waals surface area contributed by atoms with E-state index in [4.69, 9.17) is 12.2 Å². The third kappa shape index (κ3) is 4.78. The van der Waals surface area contributed by atoms with Gasteiger partial charge in [0.15, 0.2) is 0 Å². The normalized spacial score (nSPS) is 14.6. The number of nitrogens with zero attached hydrogens (tertiary/aromatic N) is 1. The van der Waals surface area contributed by atoms with E-state index in [0.717, 1.165) is 6.42 Å². The van der Waals surface area contributed by atoms with Gasteiger partial charge in [0.1, 0.15) is 10.1 Å². The van der Waals surface area contributed by atoms with E-state index in [9.17, 15) is 14.0 Å². The van der Waals surface area contributed by atoms with E-state index in [0.29, 0.717) is 35.1 Å². The Morgan fingerprint density at radius 2 is 2.05 bits per heavy atom. The molecule has 0 spiro atoms. The molecule has 0 radical (unpaired) electrons. The fourth-order valence-corrected chi connectivity index (χ4v) is 3.03. The minimum atomic E-state index is -0.336. The Kier molecular flexibility index (Phi) is 5.69. The fraction of sp³-hybridized carbons (Fsp3) is 0.357. The summed E-state index contributed by atoms with van der Waals surface area (Å²) in [4.78, 5) is 24.8. The van der Waals surface area contributed by atoms with Crippen LogP contribution in [0, 0.1) is 5.82 Å². The van der Waals surface area contributed by atoms with Gasteiger partial charge in [-0.1, -0.05) is 24.0 Å². The van der Waals surface area contributed by atoms with E-state index in [1.54, 1.807) is 4.90 Å². The van der Waals surface area contributed by atoms with Crippen molar-refractivity contribution in [1.29, 1.82) is 0 Å². The number of anilines is 1. The first-order valence-corrected chi connectivity index (χ1v) is 7.98. The van der Waals surface area contributed by atoms with E-state index in [2.05, 4.69) is 5.32 Å². The molecule has 1 aliphatic heterocycles.